The van der Waals surface area contributed by atoms with E-state index in [1.165, 1.54) is 30.5 Å². The number of benzene rings is 2. The third-order valence-electron chi connectivity index (χ3n) is 3.71. The van der Waals surface area contributed by atoms with Gasteiger partial charge in [-0.15, -0.1) is 0 Å². The van der Waals surface area contributed by atoms with E-state index in [1.807, 2.05) is 43.3 Å². The van der Waals surface area contributed by atoms with Crippen LogP contribution >= 0.6 is 11.6 Å². The lowest BCUT2D eigenvalue weighted by atomic mass is 10.2. The van der Waals surface area contributed by atoms with E-state index in [4.69, 9.17) is 11.6 Å². The minimum atomic E-state index is -0.552. The predicted octanol–water partition coefficient (Wildman–Crippen LogP) is 4.33. The first kappa shape index (κ1) is 18.6. The van der Waals surface area contributed by atoms with Crippen LogP contribution in [0.3, 0.4) is 0 Å². The Hall–Kier alpha value is -3.19. The molecule has 2 aromatic carbocycles. The standard InChI is InChI=1S/C19H17ClFN5O/c1-26(2)14-6-3-12(4-7-14)24-19-22-10-9-17(25-19)18(27)23-13-5-8-16(21)15(20)11-13/h3-11H,1-2H3,(H,23,27)(H,22,24,25). The Bertz CT molecular complexity index is 963. The molecule has 0 atom stereocenters. The summed E-state index contributed by atoms with van der Waals surface area (Å²) in [7, 11) is 3.92. The Kier molecular flexibility index (Phi) is 5.52. The zero-order valence-corrected chi connectivity index (χ0v) is 15.5. The largest absolute Gasteiger partial charge is 0.378 e. The molecule has 8 heteroatoms. The average molecular weight is 386 g/mol. The van der Waals surface area contributed by atoms with Gasteiger partial charge < -0.3 is 15.5 Å². The third kappa shape index (κ3) is 4.71. The van der Waals surface area contributed by atoms with E-state index in [0.29, 0.717) is 5.69 Å². The van der Waals surface area contributed by atoms with Crippen molar-refractivity contribution in [2.45, 2.75) is 0 Å². The molecule has 0 aliphatic carbocycles. The highest BCUT2D eigenvalue weighted by molar-refractivity contribution is 6.31. The van der Waals surface area contributed by atoms with Crippen molar-refractivity contribution in [2.24, 2.45) is 0 Å². The molecule has 138 valence electrons. The van der Waals surface area contributed by atoms with Crippen LogP contribution in [0.1, 0.15) is 10.5 Å². The quantitative estimate of drug-likeness (QED) is 0.684. The number of carbonyl (C=O) groups is 1. The molecule has 2 N–H and O–H groups in total. The zero-order valence-electron chi connectivity index (χ0n) is 14.7. The van der Waals surface area contributed by atoms with Gasteiger partial charge in [-0.3, -0.25) is 4.79 Å². The smallest absolute Gasteiger partial charge is 0.274 e. The number of nitrogens with one attached hydrogen (secondary N) is 2. The summed E-state index contributed by atoms with van der Waals surface area (Å²) in [5, 5.41) is 5.61. The summed E-state index contributed by atoms with van der Waals surface area (Å²) in [4.78, 5) is 22.7. The maximum Gasteiger partial charge on any atom is 0.274 e. The first-order chi connectivity index (χ1) is 12.9. The molecule has 1 amide bonds. The van der Waals surface area contributed by atoms with Crippen LogP contribution in [0.4, 0.5) is 27.4 Å². The molecule has 0 unspecified atom stereocenters. The van der Waals surface area contributed by atoms with E-state index in [0.717, 1.165) is 11.4 Å². The van der Waals surface area contributed by atoms with Gasteiger partial charge >= 0.3 is 0 Å². The molecule has 0 aliphatic rings. The van der Waals surface area contributed by atoms with Gasteiger partial charge in [0.25, 0.3) is 5.91 Å². The molecule has 6 nitrogen and oxygen atoms in total. The van der Waals surface area contributed by atoms with Gasteiger partial charge in [-0.2, -0.15) is 0 Å². The van der Waals surface area contributed by atoms with E-state index in [9.17, 15) is 9.18 Å². The van der Waals surface area contributed by atoms with Gasteiger partial charge in [0.1, 0.15) is 11.5 Å². The third-order valence-corrected chi connectivity index (χ3v) is 4.00. The summed E-state index contributed by atoms with van der Waals surface area (Å²) in [6.07, 6.45) is 1.48. The van der Waals surface area contributed by atoms with Crippen LogP contribution < -0.4 is 15.5 Å². The van der Waals surface area contributed by atoms with Gasteiger partial charge in [-0.25, -0.2) is 14.4 Å². The van der Waals surface area contributed by atoms with Crippen molar-refractivity contribution in [1.82, 2.24) is 9.97 Å². The zero-order chi connectivity index (χ0) is 19.4. The minimum Gasteiger partial charge on any atom is -0.378 e. The highest BCUT2D eigenvalue weighted by atomic mass is 35.5. The molecule has 0 bridgehead atoms. The number of hydrogen-bond acceptors (Lipinski definition) is 5. The van der Waals surface area contributed by atoms with Crippen LogP contribution in [-0.2, 0) is 0 Å². The Morgan fingerprint density at radius 1 is 1.07 bits per heavy atom. The van der Waals surface area contributed by atoms with Crippen LogP contribution in [0, 0.1) is 5.82 Å². The van der Waals surface area contributed by atoms with Crippen LogP contribution in [0.25, 0.3) is 0 Å². The number of nitrogens with zero attached hydrogens (tertiary/aromatic N) is 3. The van der Waals surface area contributed by atoms with Crippen molar-refractivity contribution in [1.29, 1.82) is 0 Å². The van der Waals surface area contributed by atoms with Gasteiger partial charge in [0.15, 0.2) is 0 Å². The average Bonchev–Trinajstić information content (AvgIpc) is 2.65. The first-order valence-electron chi connectivity index (χ1n) is 8.06. The number of hydrogen-bond donors (Lipinski definition) is 2. The predicted molar refractivity (Wildman–Crippen MR) is 105 cm³/mol. The number of rotatable bonds is 5. The molecule has 3 aromatic rings. The molecule has 1 aromatic heterocycles. The van der Waals surface area contributed by atoms with E-state index >= 15 is 0 Å². The second-order valence-corrected chi connectivity index (χ2v) is 6.32. The summed E-state index contributed by atoms with van der Waals surface area (Å²) in [6.45, 7) is 0. The van der Waals surface area contributed by atoms with Gasteiger partial charge in [-0.1, -0.05) is 11.6 Å². The molecule has 0 saturated carbocycles. The lowest BCUT2D eigenvalue weighted by Gasteiger charge is -2.13. The maximum absolute atomic E-state index is 13.2. The molecule has 0 saturated heterocycles. The molecule has 1 heterocycles. The van der Waals surface area contributed by atoms with E-state index in [1.54, 1.807) is 0 Å². The van der Waals surface area contributed by atoms with Gasteiger partial charge in [0, 0.05) is 37.4 Å². The number of carbonyl (C=O) groups excluding carboxylic acids is 1. The van der Waals surface area contributed by atoms with E-state index in [2.05, 4.69) is 20.6 Å². The fraction of sp³-hybridized carbons (Fsp3) is 0.105. The SMILES string of the molecule is CN(C)c1ccc(Nc2nccc(C(=O)Nc3ccc(F)c(Cl)c3)n2)cc1. The molecule has 0 radical (unpaired) electrons. The summed E-state index contributed by atoms with van der Waals surface area (Å²) < 4.78 is 13.2. The minimum absolute atomic E-state index is 0.0704. The Morgan fingerprint density at radius 2 is 1.78 bits per heavy atom. The number of anilines is 4. The first-order valence-corrected chi connectivity index (χ1v) is 8.44. The second-order valence-electron chi connectivity index (χ2n) is 5.91. The van der Waals surface area contributed by atoms with Crippen LogP contribution in [0.15, 0.2) is 54.7 Å². The summed E-state index contributed by atoms with van der Waals surface area (Å²) in [5.41, 5.74) is 2.40. The van der Waals surface area contributed by atoms with Crippen molar-refractivity contribution in [2.75, 3.05) is 29.6 Å². The second kappa shape index (κ2) is 8.01. The van der Waals surface area contributed by atoms with E-state index < -0.39 is 11.7 Å². The van der Waals surface area contributed by atoms with Crippen LogP contribution in [-0.4, -0.2) is 30.0 Å². The number of halogens is 2. The fourth-order valence-electron chi connectivity index (χ4n) is 2.29. The Balaban J connectivity index is 1.72. The molecule has 0 fully saturated rings. The van der Waals surface area contributed by atoms with Crippen LogP contribution in [0.2, 0.25) is 5.02 Å². The van der Waals surface area contributed by atoms with Crippen molar-refractivity contribution in [3.63, 3.8) is 0 Å². The van der Waals surface area contributed by atoms with Gasteiger partial charge in [0.2, 0.25) is 5.95 Å². The molecular formula is C19H17ClFN5O. The number of amides is 1. The highest BCUT2D eigenvalue weighted by Gasteiger charge is 2.11. The van der Waals surface area contributed by atoms with E-state index in [-0.39, 0.29) is 16.7 Å². The summed E-state index contributed by atoms with van der Waals surface area (Å²) >= 11 is 5.72. The highest BCUT2D eigenvalue weighted by Crippen LogP contribution is 2.20. The lowest BCUT2D eigenvalue weighted by Crippen LogP contribution is -2.14. The van der Waals surface area contributed by atoms with Crippen molar-refractivity contribution in [3.8, 4) is 0 Å². The topological polar surface area (TPSA) is 70.2 Å². The number of aromatic nitrogens is 2. The summed E-state index contributed by atoms with van der Waals surface area (Å²) in [5.74, 6) is -0.716. The molecule has 0 aliphatic heterocycles. The lowest BCUT2D eigenvalue weighted by molar-refractivity contribution is 0.102. The molecular weight excluding hydrogens is 369 g/mol. The van der Waals surface area contributed by atoms with Gasteiger partial charge in [-0.05, 0) is 48.5 Å². The van der Waals surface area contributed by atoms with Crippen molar-refractivity contribution in [3.05, 3.63) is 71.3 Å². The van der Waals surface area contributed by atoms with Crippen molar-refractivity contribution >= 4 is 40.5 Å². The maximum atomic E-state index is 13.2. The summed E-state index contributed by atoms with van der Waals surface area (Å²) in [6, 6.07) is 13.1. The molecule has 3 rings (SSSR count). The van der Waals surface area contributed by atoms with Crippen molar-refractivity contribution < 1.29 is 9.18 Å². The molecule has 27 heavy (non-hydrogen) atoms. The monoisotopic (exact) mass is 385 g/mol. The van der Waals surface area contributed by atoms with Crippen LogP contribution in [0.5, 0.6) is 0 Å². The fourth-order valence-corrected chi connectivity index (χ4v) is 2.47. The van der Waals surface area contributed by atoms with Gasteiger partial charge in [0.05, 0.1) is 5.02 Å². The Labute approximate surface area is 161 Å². The Morgan fingerprint density at radius 3 is 2.44 bits per heavy atom. The molecule has 0 spiro atoms. The normalized spacial score (nSPS) is 10.4.